The molecule has 0 spiro atoms. The van der Waals surface area contributed by atoms with Crippen LogP contribution in [0.2, 0.25) is 0 Å². The van der Waals surface area contributed by atoms with Crippen LogP contribution < -0.4 is 4.74 Å². The standard InChI is InChI=1S/C17H23NO3/c1-14-5-2-3-10-18(14)11-12-21-16-7-4-6-15(13-16)8-9-17(19)20/h4,6-9,13-14H,2-3,5,10-12H2,1H3,(H,19,20)/b9-8+. The first-order valence-electron chi connectivity index (χ1n) is 7.53. The van der Waals surface area contributed by atoms with E-state index in [1.54, 1.807) is 6.08 Å². The lowest BCUT2D eigenvalue weighted by Crippen LogP contribution is -2.39. The van der Waals surface area contributed by atoms with Crippen molar-refractivity contribution in [3.8, 4) is 5.75 Å². The Kier molecular flexibility index (Phi) is 5.81. The summed E-state index contributed by atoms with van der Waals surface area (Å²) in [5.74, 6) is -0.160. The molecular formula is C17H23NO3. The molecule has 0 bridgehead atoms. The summed E-state index contributed by atoms with van der Waals surface area (Å²) in [7, 11) is 0. The van der Waals surface area contributed by atoms with E-state index < -0.39 is 5.97 Å². The minimum absolute atomic E-state index is 0.646. The number of carboxylic acid groups (broad SMARTS) is 1. The van der Waals surface area contributed by atoms with Gasteiger partial charge in [-0.3, -0.25) is 4.90 Å². The lowest BCUT2D eigenvalue weighted by molar-refractivity contribution is -0.131. The van der Waals surface area contributed by atoms with Gasteiger partial charge in [-0.25, -0.2) is 4.79 Å². The van der Waals surface area contributed by atoms with Crippen LogP contribution in [-0.2, 0) is 4.79 Å². The Balaban J connectivity index is 1.82. The fourth-order valence-electron chi connectivity index (χ4n) is 2.65. The predicted octanol–water partition coefficient (Wildman–Crippen LogP) is 3.04. The number of hydrogen-bond acceptors (Lipinski definition) is 3. The number of piperidine rings is 1. The molecule has 4 heteroatoms. The number of likely N-dealkylation sites (tertiary alicyclic amines) is 1. The number of rotatable bonds is 6. The second-order valence-corrected chi connectivity index (χ2v) is 5.47. The highest BCUT2D eigenvalue weighted by Gasteiger charge is 2.17. The van der Waals surface area contributed by atoms with E-state index in [0.717, 1.165) is 30.5 Å². The van der Waals surface area contributed by atoms with E-state index in [9.17, 15) is 4.79 Å². The molecule has 1 aliphatic heterocycles. The average molecular weight is 289 g/mol. The van der Waals surface area contributed by atoms with Gasteiger partial charge in [-0.15, -0.1) is 0 Å². The summed E-state index contributed by atoms with van der Waals surface area (Å²) in [6.07, 6.45) is 6.59. The van der Waals surface area contributed by atoms with Crippen molar-refractivity contribution in [3.63, 3.8) is 0 Å². The predicted molar refractivity (Wildman–Crippen MR) is 83.5 cm³/mol. The van der Waals surface area contributed by atoms with Crippen LogP contribution in [0, 0.1) is 0 Å². The molecule has 2 rings (SSSR count). The Bertz CT molecular complexity index is 499. The van der Waals surface area contributed by atoms with Gasteiger partial charge in [-0.2, -0.15) is 0 Å². The molecule has 1 unspecified atom stereocenters. The van der Waals surface area contributed by atoms with Gasteiger partial charge >= 0.3 is 5.97 Å². The second kappa shape index (κ2) is 7.84. The fraction of sp³-hybridized carbons (Fsp3) is 0.471. The van der Waals surface area contributed by atoms with Crippen LogP contribution in [0.1, 0.15) is 31.7 Å². The number of carbonyl (C=O) groups is 1. The van der Waals surface area contributed by atoms with Crippen LogP contribution in [0.5, 0.6) is 5.75 Å². The zero-order valence-corrected chi connectivity index (χ0v) is 12.5. The third-order valence-electron chi connectivity index (χ3n) is 3.86. The zero-order chi connectivity index (χ0) is 15.1. The van der Waals surface area contributed by atoms with Crippen molar-refractivity contribution in [2.75, 3.05) is 19.7 Å². The van der Waals surface area contributed by atoms with Gasteiger partial charge in [0.2, 0.25) is 0 Å². The lowest BCUT2D eigenvalue weighted by Gasteiger charge is -2.33. The summed E-state index contributed by atoms with van der Waals surface area (Å²) in [5.41, 5.74) is 0.834. The van der Waals surface area contributed by atoms with Gasteiger partial charge in [0.1, 0.15) is 12.4 Å². The maximum absolute atomic E-state index is 10.5. The molecule has 0 aliphatic carbocycles. The highest BCUT2D eigenvalue weighted by atomic mass is 16.5. The van der Waals surface area contributed by atoms with Gasteiger partial charge in [0.15, 0.2) is 0 Å². The average Bonchev–Trinajstić information content (AvgIpc) is 2.48. The highest BCUT2D eigenvalue weighted by molar-refractivity contribution is 5.85. The summed E-state index contributed by atoms with van der Waals surface area (Å²) in [5, 5.41) is 8.63. The Morgan fingerprint density at radius 1 is 1.48 bits per heavy atom. The largest absolute Gasteiger partial charge is 0.492 e. The fourth-order valence-corrected chi connectivity index (χ4v) is 2.65. The van der Waals surface area contributed by atoms with Gasteiger partial charge < -0.3 is 9.84 Å². The first-order chi connectivity index (χ1) is 10.1. The van der Waals surface area contributed by atoms with Crippen LogP contribution in [0.3, 0.4) is 0 Å². The number of aliphatic carboxylic acids is 1. The molecule has 1 saturated heterocycles. The van der Waals surface area contributed by atoms with E-state index >= 15 is 0 Å². The zero-order valence-electron chi connectivity index (χ0n) is 12.5. The summed E-state index contributed by atoms with van der Waals surface area (Å²) in [6, 6.07) is 8.14. The Hall–Kier alpha value is -1.81. The van der Waals surface area contributed by atoms with Crippen LogP contribution >= 0.6 is 0 Å². The molecule has 4 nitrogen and oxygen atoms in total. The summed E-state index contributed by atoms with van der Waals surface area (Å²) in [4.78, 5) is 13.0. The van der Waals surface area contributed by atoms with Gasteiger partial charge in [0.05, 0.1) is 0 Å². The third kappa shape index (κ3) is 5.23. The van der Waals surface area contributed by atoms with Crippen molar-refractivity contribution in [2.24, 2.45) is 0 Å². The summed E-state index contributed by atoms with van der Waals surface area (Å²) >= 11 is 0. The summed E-state index contributed by atoms with van der Waals surface area (Å²) in [6.45, 7) is 5.04. The monoisotopic (exact) mass is 289 g/mol. The van der Waals surface area contributed by atoms with Crippen molar-refractivity contribution >= 4 is 12.0 Å². The molecule has 1 fully saturated rings. The van der Waals surface area contributed by atoms with Crippen LogP contribution in [0.4, 0.5) is 0 Å². The first-order valence-corrected chi connectivity index (χ1v) is 7.53. The number of carboxylic acids is 1. The first kappa shape index (κ1) is 15.6. The molecule has 21 heavy (non-hydrogen) atoms. The van der Waals surface area contributed by atoms with E-state index in [0.29, 0.717) is 12.6 Å². The minimum atomic E-state index is -0.944. The minimum Gasteiger partial charge on any atom is -0.492 e. The van der Waals surface area contributed by atoms with Crippen molar-refractivity contribution in [1.82, 2.24) is 4.90 Å². The number of nitrogens with zero attached hydrogens (tertiary/aromatic N) is 1. The third-order valence-corrected chi connectivity index (χ3v) is 3.86. The highest BCUT2D eigenvalue weighted by Crippen LogP contribution is 2.17. The van der Waals surface area contributed by atoms with Crippen molar-refractivity contribution < 1.29 is 14.6 Å². The van der Waals surface area contributed by atoms with Crippen molar-refractivity contribution in [2.45, 2.75) is 32.2 Å². The molecule has 114 valence electrons. The van der Waals surface area contributed by atoms with Gasteiger partial charge in [-0.05, 0) is 50.1 Å². The molecule has 1 atom stereocenters. The SMILES string of the molecule is CC1CCCCN1CCOc1cccc(/C=C/C(=O)O)c1. The smallest absolute Gasteiger partial charge is 0.328 e. The molecule has 0 radical (unpaired) electrons. The van der Waals surface area contributed by atoms with E-state index in [4.69, 9.17) is 9.84 Å². The molecule has 0 amide bonds. The lowest BCUT2D eigenvalue weighted by atomic mass is 10.0. The van der Waals surface area contributed by atoms with Crippen molar-refractivity contribution in [3.05, 3.63) is 35.9 Å². The Morgan fingerprint density at radius 2 is 2.33 bits per heavy atom. The molecule has 1 aromatic carbocycles. The van der Waals surface area contributed by atoms with Crippen LogP contribution in [0.25, 0.3) is 6.08 Å². The molecule has 1 aromatic rings. The number of ether oxygens (including phenoxy) is 1. The Morgan fingerprint density at radius 3 is 3.10 bits per heavy atom. The van der Waals surface area contributed by atoms with E-state index in [2.05, 4.69) is 11.8 Å². The molecule has 0 aromatic heterocycles. The van der Waals surface area contributed by atoms with E-state index in [1.165, 1.54) is 19.3 Å². The molecule has 1 N–H and O–H groups in total. The molecule has 0 saturated carbocycles. The maximum atomic E-state index is 10.5. The van der Waals surface area contributed by atoms with E-state index in [1.807, 2.05) is 24.3 Å². The summed E-state index contributed by atoms with van der Waals surface area (Å²) < 4.78 is 5.78. The van der Waals surface area contributed by atoms with E-state index in [-0.39, 0.29) is 0 Å². The van der Waals surface area contributed by atoms with Crippen LogP contribution in [-0.4, -0.2) is 41.7 Å². The van der Waals surface area contributed by atoms with Crippen molar-refractivity contribution in [1.29, 1.82) is 0 Å². The molecular weight excluding hydrogens is 266 g/mol. The number of benzene rings is 1. The maximum Gasteiger partial charge on any atom is 0.328 e. The van der Waals surface area contributed by atoms with Gasteiger partial charge in [0.25, 0.3) is 0 Å². The van der Waals surface area contributed by atoms with Gasteiger partial charge in [0, 0.05) is 18.7 Å². The quantitative estimate of drug-likeness (QED) is 0.818. The van der Waals surface area contributed by atoms with Gasteiger partial charge in [-0.1, -0.05) is 18.6 Å². The topological polar surface area (TPSA) is 49.8 Å². The molecule has 1 aliphatic rings. The second-order valence-electron chi connectivity index (χ2n) is 5.47. The Labute approximate surface area is 126 Å². The molecule has 1 heterocycles. The number of hydrogen-bond donors (Lipinski definition) is 1. The normalized spacial score (nSPS) is 19.8. The van der Waals surface area contributed by atoms with Crippen LogP contribution in [0.15, 0.2) is 30.3 Å².